The van der Waals surface area contributed by atoms with Crippen molar-refractivity contribution >= 4 is 11.6 Å². The Morgan fingerprint density at radius 3 is 2.55 bits per heavy atom. The molecule has 0 fully saturated rings. The van der Waals surface area contributed by atoms with Gasteiger partial charge >= 0.3 is 0 Å². The van der Waals surface area contributed by atoms with Crippen molar-refractivity contribution in [3.63, 3.8) is 0 Å². The van der Waals surface area contributed by atoms with Gasteiger partial charge in [0.1, 0.15) is 5.75 Å². The SMILES string of the molecule is COc1ccccc1N1CN(CCCO)Cn2c1nc(C)c(Cc1ccccc1)c2=O. The lowest BCUT2D eigenvalue weighted by Crippen LogP contribution is -2.48. The van der Waals surface area contributed by atoms with E-state index in [0.29, 0.717) is 44.2 Å². The molecule has 7 nitrogen and oxygen atoms in total. The van der Waals surface area contributed by atoms with Crippen LogP contribution in [-0.2, 0) is 13.1 Å². The summed E-state index contributed by atoms with van der Waals surface area (Å²) in [5, 5.41) is 9.32. The number of hydrogen-bond acceptors (Lipinski definition) is 6. The minimum Gasteiger partial charge on any atom is -0.495 e. The first-order chi connectivity index (χ1) is 15.1. The summed E-state index contributed by atoms with van der Waals surface area (Å²) in [6.45, 7) is 3.69. The first-order valence-corrected chi connectivity index (χ1v) is 10.5. The number of benzene rings is 2. The summed E-state index contributed by atoms with van der Waals surface area (Å²) in [4.78, 5) is 22.6. The summed E-state index contributed by atoms with van der Waals surface area (Å²) >= 11 is 0. The second-order valence-corrected chi connectivity index (χ2v) is 7.73. The highest BCUT2D eigenvalue weighted by Gasteiger charge is 2.29. The maximum absolute atomic E-state index is 13.6. The molecule has 0 atom stereocenters. The zero-order chi connectivity index (χ0) is 21.8. The smallest absolute Gasteiger partial charge is 0.259 e. The van der Waals surface area contributed by atoms with E-state index < -0.39 is 0 Å². The molecule has 3 aromatic rings. The van der Waals surface area contributed by atoms with Crippen LogP contribution in [0.15, 0.2) is 59.4 Å². The molecule has 2 heterocycles. The number of para-hydroxylation sites is 2. The van der Waals surface area contributed by atoms with Gasteiger partial charge in [0, 0.05) is 25.1 Å². The van der Waals surface area contributed by atoms with Crippen molar-refractivity contribution < 1.29 is 9.84 Å². The van der Waals surface area contributed by atoms with Gasteiger partial charge in [-0.25, -0.2) is 4.98 Å². The first-order valence-electron chi connectivity index (χ1n) is 10.5. The van der Waals surface area contributed by atoms with Gasteiger partial charge in [0.05, 0.1) is 31.8 Å². The quantitative estimate of drug-likeness (QED) is 0.634. The molecule has 1 aliphatic heterocycles. The third-order valence-corrected chi connectivity index (χ3v) is 5.61. The summed E-state index contributed by atoms with van der Waals surface area (Å²) in [7, 11) is 1.64. The molecule has 162 valence electrons. The maximum atomic E-state index is 13.6. The van der Waals surface area contributed by atoms with Gasteiger partial charge in [-0.3, -0.25) is 19.2 Å². The molecular weight excluding hydrogens is 392 g/mol. The van der Waals surface area contributed by atoms with E-state index in [9.17, 15) is 9.90 Å². The zero-order valence-electron chi connectivity index (χ0n) is 18.0. The Kier molecular flexibility index (Phi) is 6.34. The summed E-state index contributed by atoms with van der Waals surface area (Å²) in [5.74, 6) is 1.34. The number of hydrogen-bond donors (Lipinski definition) is 1. The molecule has 4 rings (SSSR count). The van der Waals surface area contributed by atoms with Crippen molar-refractivity contribution in [2.45, 2.75) is 26.4 Å². The fraction of sp³-hybridized carbons (Fsp3) is 0.333. The van der Waals surface area contributed by atoms with Gasteiger partial charge in [-0.1, -0.05) is 42.5 Å². The predicted octanol–water partition coefficient (Wildman–Crippen LogP) is 2.90. The number of anilines is 2. The van der Waals surface area contributed by atoms with Crippen molar-refractivity contribution in [1.29, 1.82) is 0 Å². The van der Waals surface area contributed by atoms with Gasteiger partial charge < -0.3 is 9.84 Å². The molecule has 0 saturated heterocycles. The Morgan fingerprint density at radius 1 is 1.06 bits per heavy atom. The van der Waals surface area contributed by atoms with Crippen LogP contribution < -0.4 is 15.2 Å². The van der Waals surface area contributed by atoms with Gasteiger partial charge in [0.2, 0.25) is 5.95 Å². The topological polar surface area (TPSA) is 70.8 Å². The number of rotatable bonds is 7. The molecule has 0 spiro atoms. The van der Waals surface area contributed by atoms with E-state index in [0.717, 1.165) is 22.7 Å². The Hall–Kier alpha value is -3.16. The van der Waals surface area contributed by atoms with Crippen LogP contribution in [0.3, 0.4) is 0 Å². The summed E-state index contributed by atoms with van der Waals surface area (Å²) < 4.78 is 7.31. The summed E-state index contributed by atoms with van der Waals surface area (Å²) in [5.41, 5.74) is 3.36. The second-order valence-electron chi connectivity index (χ2n) is 7.73. The van der Waals surface area contributed by atoms with Crippen LogP contribution in [0.25, 0.3) is 0 Å². The van der Waals surface area contributed by atoms with Gasteiger partial charge in [0.15, 0.2) is 0 Å². The monoisotopic (exact) mass is 420 g/mol. The van der Waals surface area contributed by atoms with Crippen LogP contribution in [0.5, 0.6) is 5.75 Å². The van der Waals surface area contributed by atoms with Crippen LogP contribution in [0.4, 0.5) is 11.6 Å². The Balaban J connectivity index is 1.81. The standard InChI is InChI=1S/C24H28N4O3/c1-18-20(15-19-9-4-3-5-10-19)23(30)28-17-26(13-8-14-29)16-27(24(28)25-18)21-11-6-7-12-22(21)31-2/h3-7,9-12,29H,8,13-17H2,1-2H3. The second kappa shape index (κ2) is 9.32. The first kappa shape index (κ1) is 21.1. The molecule has 0 unspecified atom stereocenters. The third kappa shape index (κ3) is 4.33. The van der Waals surface area contributed by atoms with Crippen molar-refractivity contribution in [1.82, 2.24) is 14.5 Å². The van der Waals surface area contributed by atoms with Crippen molar-refractivity contribution in [3.8, 4) is 5.75 Å². The molecule has 0 saturated carbocycles. The minimum atomic E-state index is -0.0278. The number of aliphatic hydroxyl groups excluding tert-OH is 1. The predicted molar refractivity (Wildman–Crippen MR) is 121 cm³/mol. The number of aliphatic hydroxyl groups is 1. The molecule has 1 aromatic heterocycles. The molecule has 0 amide bonds. The molecular formula is C24H28N4O3. The highest BCUT2D eigenvalue weighted by atomic mass is 16.5. The van der Waals surface area contributed by atoms with Crippen molar-refractivity contribution in [2.24, 2.45) is 0 Å². The van der Waals surface area contributed by atoms with Crippen molar-refractivity contribution in [3.05, 3.63) is 81.8 Å². The highest BCUT2D eigenvalue weighted by molar-refractivity contribution is 5.66. The van der Waals surface area contributed by atoms with Crippen LogP contribution in [-0.4, -0.2) is 46.5 Å². The molecule has 0 radical (unpaired) electrons. The minimum absolute atomic E-state index is 0.0278. The maximum Gasteiger partial charge on any atom is 0.259 e. The number of nitrogens with zero attached hydrogens (tertiary/aromatic N) is 4. The van der Waals surface area contributed by atoms with Gasteiger partial charge in [-0.15, -0.1) is 0 Å². The van der Waals surface area contributed by atoms with E-state index in [1.54, 1.807) is 11.7 Å². The van der Waals surface area contributed by atoms with E-state index in [1.807, 2.05) is 66.4 Å². The van der Waals surface area contributed by atoms with Crippen LogP contribution in [0.2, 0.25) is 0 Å². The summed E-state index contributed by atoms with van der Waals surface area (Å²) in [6, 6.07) is 17.7. The Labute approximate surface area is 182 Å². The molecule has 0 aliphatic carbocycles. The molecule has 1 aliphatic rings. The normalized spacial score (nSPS) is 13.8. The van der Waals surface area contributed by atoms with E-state index in [1.165, 1.54) is 0 Å². The largest absolute Gasteiger partial charge is 0.495 e. The molecule has 0 bridgehead atoms. The lowest BCUT2D eigenvalue weighted by atomic mass is 10.1. The summed E-state index contributed by atoms with van der Waals surface area (Å²) in [6.07, 6.45) is 1.18. The van der Waals surface area contributed by atoms with Crippen LogP contribution >= 0.6 is 0 Å². The number of fused-ring (bicyclic) bond motifs is 1. The molecule has 1 N–H and O–H groups in total. The molecule has 31 heavy (non-hydrogen) atoms. The van der Waals surface area contributed by atoms with E-state index in [4.69, 9.17) is 9.72 Å². The van der Waals surface area contributed by atoms with Crippen LogP contribution in [0.1, 0.15) is 23.2 Å². The lowest BCUT2D eigenvalue weighted by molar-refractivity contribution is 0.175. The van der Waals surface area contributed by atoms with E-state index in [2.05, 4.69) is 4.90 Å². The zero-order valence-corrected chi connectivity index (χ0v) is 18.0. The fourth-order valence-corrected chi connectivity index (χ4v) is 4.00. The number of aromatic nitrogens is 2. The third-order valence-electron chi connectivity index (χ3n) is 5.61. The lowest BCUT2D eigenvalue weighted by Gasteiger charge is -2.38. The van der Waals surface area contributed by atoms with Crippen molar-refractivity contribution in [2.75, 3.05) is 31.8 Å². The highest BCUT2D eigenvalue weighted by Crippen LogP contribution is 2.34. The van der Waals surface area contributed by atoms with Crippen LogP contribution in [0, 0.1) is 6.92 Å². The molecule has 7 heteroatoms. The number of ether oxygens (including phenoxy) is 1. The van der Waals surface area contributed by atoms with Gasteiger partial charge in [-0.05, 0) is 31.0 Å². The Bertz CT molecular complexity index is 1100. The average molecular weight is 421 g/mol. The van der Waals surface area contributed by atoms with Gasteiger partial charge in [-0.2, -0.15) is 0 Å². The van der Waals surface area contributed by atoms with E-state index >= 15 is 0 Å². The average Bonchev–Trinajstić information content (AvgIpc) is 2.81. The van der Waals surface area contributed by atoms with E-state index in [-0.39, 0.29) is 12.2 Å². The molecule has 2 aromatic carbocycles. The fourth-order valence-electron chi connectivity index (χ4n) is 4.00. The Morgan fingerprint density at radius 2 is 1.81 bits per heavy atom. The number of methoxy groups -OCH3 is 1. The number of aryl methyl sites for hydroxylation is 1. The van der Waals surface area contributed by atoms with Gasteiger partial charge in [0.25, 0.3) is 5.56 Å².